The van der Waals surface area contributed by atoms with Crippen LogP contribution in [0.3, 0.4) is 0 Å². The van der Waals surface area contributed by atoms with Gasteiger partial charge in [-0.1, -0.05) is 54.5 Å². The number of morpholine rings is 1. The second-order valence-corrected chi connectivity index (χ2v) is 6.17. The first-order chi connectivity index (χ1) is 11.8. The van der Waals surface area contributed by atoms with Gasteiger partial charge in [-0.05, 0) is 18.1 Å². The number of ether oxygens (including phenoxy) is 1. The summed E-state index contributed by atoms with van der Waals surface area (Å²) in [6.07, 6.45) is 0. The Hall–Kier alpha value is -1.93. The lowest BCUT2D eigenvalue weighted by atomic mass is 10.1. The Balaban J connectivity index is 0.00000225. The molecular formula is C21H22BrNO2. The van der Waals surface area contributed by atoms with Crippen molar-refractivity contribution in [3.05, 3.63) is 71.8 Å². The molecule has 3 rings (SSSR count). The van der Waals surface area contributed by atoms with E-state index in [4.69, 9.17) is 4.74 Å². The van der Waals surface area contributed by atoms with E-state index in [0.29, 0.717) is 30.8 Å². The maximum atomic E-state index is 12.6. The van der Waals surface area contributed by atoms with Crippen LogP contribution >= 0.6 is 0 Å². The fraction of sp³-hybridized carbons (Fsp3) is 0.286. The second-order valence-electron chi connectivity index (χ2n) is 6.17. The number of halogens is 1. The predicted molar refractivity (Wildman–Crippen MR) is 94.6 cm³/mol. The molecule has 0 radical (unpaired) electrons. The van der Waals surface area contributed by atoms with E-state index in [2.05, 4.69) is 11.8 Å². The van der Waals surface area contributed by atoms with Gasteiger partial charge in [0, 0.05) is 11.1 Å². The number of quaternary nitrogens is 1. The number of carbonyl (C=O) groups is 1. The van der Waals surface area contributed by atoms with Crippen molar-refractivity contribution < 1.29 is 31.0 Å². The maximum Gasteiger partial charge on any atom is 0.216 e. The Morgan fingerprint density at radius 2 is 1.56 bits per heavy atom. The predicted octanol–water partition coefficient (Wildman–Crippen LogP) is -0.228. The number of hydrogen-bond acceptors (Lipinski definition) is 2. The molecular weight excluding hydrogens is 378 g/mol. The van der Waals surface area contributed by atoms with Crippen molar-refractivity contribution in [2.45, 2.75) is 0 Å². The van der Waals surface area contributed by atoms with E-state index in [-0.39, 0.29) is 22.8 Å². The van der Waals surface area contributed by atoms with Gasteiger partial charge in [-0.15, -0.1) is 0 Å². The van der Waals surface area contributed by atoms with Crippen molar-refractivity contribution in [1.82, 2.24) is 0 Å². The van der Waals surface area contributed by atoms with Gasteiger partial charge < -0.3 is 26.2 Å². The van der Waals surface area contributed by atoms with Crippen LogP contribution in [0.4, 0.5) is 0 Å². The highest BCUT2D eigenvalue weighted by Gasteiger charge is 2.32. The average molecular weight is 400 g/mol. The molecule has 0 saturated carbocycles. The zero-order valence-electron chi connectivity index (χ0n) is 14.2. The summed E-state index contributed by atoms with van der Waals surface area (Å²) >= 11 is 0. The Labute approximate surface area is 160 Å². The van der Waals surface area contributed by atoms with Gasteiger partial charge in [-0.2, -0.15) is 0 Å². The van der Waals surface area contributed by atoms with E-state index in [1.165, 1.54) is 0 Å². The van der Waals surface area contributed by atoms with Gasteiger partial charge >= 0.3 is 0 Å². The zero-order valence-corrected chi connectivity index (χ0v) is 15.7. The zero-order chi connectivity index (χ0) is 16.7. The number of Topliss-reactive ketones (excluding diaryl/α,β-unsaturated/α-hetero) is 1. The molecule has 0 aromatic heterocycles. The highest BCUT2D eigenvalue weighted by Crippen LogP contribution is 2.14. The molecule has 0 amide bonds. The third-order valence-electron chi connectivity index (χ3n) is 4.42. The van der Waals surface area contributed by atoms with Crippen molar-refractivity contribution in [1.29, 1.82) is 0 Å². The molecule has 0 N–H and O–H groups in total. The Bertz CT molecular complexity index is 729. The molecule has 3 nitrogen and oxygen atoms in total. The van der Waals surface area contributed by atoms with Crippen molar-refractivity contribution >= 4 is 5.78 Å². The number of benzene rings is 2. The van der Waals surface area contributed by atoms with Gasteiger partial charge in [-0.25, -0.2) is 0 Å². The average Bonchev–Trinajstić information content (AvgIpc) is 2.64. The van der Waals surface area contributed by atoms with E-state index < -0.39 is 0 Å². The molecule has 4 heteroatoms. The molecule has 1 aliphatic rings. The van der Waals surface area contributed by atoms with Gasteiger partial charge in [0.2, 0.25) is 5.78 Å². The standard InChI is InChI=1S/C21H22NO2.BrH/c23-21(20-11-5-2-6-12-20)18-22(14-16-24-17-15-22)13-7-10-19-8-3-1-4-9-19;/h1-6,8-9,11-12H,13-18H2;1H/q+1;/p-1. The Kier molecular flexibility index (Phi) is 7.39. The van der Waals surface area contributed by atoms with E-state index in [1.807, 2.05) is 60.7 Å². The lowest BCUT2D eigenvalue weighted by Gasteiger charge is -2.39. The second kappa shape index (κ2) is 9.53. The van der Waals surface area contributed by atoms with Crippen LogP contribution in [0.1, 0.15) is 15.9 Å². The Morgan fingerprint density at radius 1 is 0.960 bits per heavy atom. The fourth-order valence-electron chi connectivity index (χ4n) is 2.95. The van der Waals surface area contributed by atoms with E-state index >= 15 is 0 Å². The van der Waals surface area contributed by atoms with Crippen LogP contribution in [0.5, 0.6) is 0 Å². The van der Waals surface area contributed by atoms with Crippen LogP contribution in [0.15, 0.2) is 60.7 Å². The van der Waals surface area contributed by atoms with Gasteiger partial charge in [0.25, 0.3) is 0 Å². The molecule has 0 atom stereocenters. The smallest absolute Gasteiger partial charge is 0.216 e. The first-order valence-electron chi connectivity index (χ1n) is 8.32. The van der Waals surface area contributed by atoms with E-state index in [9.17, 15) is 4.79 Å². The summed E-state index contributed by atoms with van der Waals surface area (Å²) in [4.78, 5) is 12.6. The molecule has 1 saturated heterocycles. The van der Waals surface area contributed by atoms with Crippen molar-refractivity contribution in [3.63, 3.8) is 0 Å². The summed E-state index contributed by atoms with van der Waals surface area (Å²) in [6.45, 7) is 4.21. The van der Waals surface area contributed by atoms with Crippen LogP contribution in [0.2, 0.25) is 0 Å². The molecule has 2 aromatic rings. The topological polar surface area (TPSA) is 26.3 Å². The van der Waals surface area contributed by atoms with Crippen molar-refractivity contribution in [3.8, 4) is 11.8 Å². The number of nitrogens with zero attached hydrogens (tertiary/aromatic N) is 1. The van der Waals surface area contributed by atoms with Gasteiger partial charge in [0.1, 0.15) is 26.2 Å². The summed E-state index contributed by atoms with van der Waals surface area (Å²) in [5.41, 5.74) is 1.79. The molecule has 2 aromatic carbocycles. The fourth-order valence-corrected chi connectivity index (χ4v) is 2.95. The third kappa shape index (κ3) is 5.54. The quantitative estimate of drug-likeness (QED) is 0.403. The summed E-state index contributed by atoms with van der Waals surface area (Å²) < 4.78 is 6.19. The molecule has 0 unspecified atom stereocenters. The summed E-state index contributed by atoms with van der Waals surface area (Å²) in [5, 5.41) is 0. The van der Waals surface area contributed by atoms with Crippen LogP contribution in [0.25, 0.3) is 0 Å². The van der Waals surface area contributed by atoms with Gasteiger partial charge in [0.15, 0.2) is 0 Å². The lowest BCUT2D eigenvalue weighted by Crippen LogP contribution is -3.00. The van der Waals surface area contributed by atoms with E-state index in [1.54, 1.807) is 0 Å². The van der Waals surface area contributed by atoms with Crippen molar-refractivity contribution in [2.75, 3.05) is 39.4 Å². The minimum absolute atomic E-state index is 0. The maximum absolute atomic E-state index is 12.6. The van der Waals surface area contributed by atoms with Crippen LogP contribution < -0.4 is 17.0 Å². The number of carbonyl (C=O) groups excluding carboxylic acids is 1. The highest BCUT2D eigenvalue weighted by molar-refractivity contribution is 5.96. The Morgan fingerprint density at radius 3 is 2.20 bits per heavy atom. The molecule has 25 heavy (non-hydrogen) atoms. The third-order valence-corrected chi connectivity index (χ3v) is 4.42. The molecule has 130 valence electrons. The van der Waals surface area contributed by atoms with Gasteiger partial charge in [0.05, 0.1) is 13.2 Å². The van der Waals surface area contributed by atoms with Crippen molar-refractivity contribution in [2.24, 2.45) is 0 Å². The monoisotopic (exact) mass is 399 g/mol. The lowest BCUT2D eigenvalue weighted by molar-refractivity contribution is -0.920. The molecule has 1 aliphatic heterocycles. The first kappa shape index (κ1) is 19.4. The largest absolute Gasteiger partial charge is 1.00 e. The minimum atomic E-state index is 0. The number of ketones is 1. The van der Waals surface area contributed by atoms with Crippen LogP contribution in [-0.4, -0.2) is 49.7 Å². The molecule has 1 fully saturated rings. The highest BCUT2D eigenvalue weighted by atomic mass is 79.9. The molecule has 0 aliphatic carbocycles. The van der Waals surface area contributed by atoms with Crippen LogP contribution in [-0.2, 0) is 4.74 Å². The van der Waals surface area contributed by atoms with E-state index in [0.717, 1.165) is 24.2 Å². The first-order valence-corrected chi connectivity index (χ1v) is 8.32. The summed E-state index contributed by atoms with van der Waals surface area (Å²) in [5.74, 6) is 6.68. The molecule has 0 bridgehead atoms. The number of hydrogen-bond donors (Lipinski definition) is 0. The number of rotatable bonds is 4. The normalized spacial score (nSPS) is 15.4. The SMILES string of the molecule is O=C(C[N+]1(CC#Cc2ccccc2)CCOCC1)c1ccccc1.[Br-]. The van der Waals surface area contributed by atoms with Crippen LogP contribution in [0, 0.1) is 11.8 Å². The molecule has 1 heterocycles. The molecule has 0 spiro atoms. The summed E-state index contributed by atoms with van der Waals surface area (Å²) in [7, 11) is 0. The van der Waals surface area contributed by atoms with Gasteiger partial charge in [-0.3, -0.25) is 4.79 Å². The minimum Gasteiger partial charge on any atom is -1.00 e. The summed E-state index contributed by atoms with van der Waals surface area (Å²) in [6, 6.07) is 19.5.